The first-order valence-electron chi connectivity index (χ1n) is 7.49. The predicted octanol–water partition coefficient (Wildman–Crippen LogP) is 3.47. The summed E-state index contributed by atoms with van der Waals surface area (Å²) < 4.78 is 0. The van der Waals surface area contributed by atoms with Gasteiger partial charge in [0.25, 0.3) is 0 Å². The Morgan fingerprint density at radius 2 is 1.95 bits per heavy atom. The molecule has 2 aromatic rings. The van der Waals surface area contributed by atoms with E-state index < -0.39 is 0 Å². The molecule has 3 heteroatoms. The monoisotopic (exact) mass is 269 g/mol. The predicted molar refractivity (Wildman–Crippen MR) is 83.1 cm³/mol. The van der Waals surface area contributed by atoms with E-state index in [2.05, 4.69) is 48.4 Å². The van der Waals surface area contributed by atoms with Gasteiger partial charge in [-0.05, 0) is 62.4 Å². The van der Waals surface area contributed by atoms with Gasteiger partial charge >= 0.3 is 0 Å². The van der Waals surface area contributed by atoms with Crippen LogP contribution in [0.25, 0.3) is 11.1 Å². The zero-order chi connectivity index (χ0) is 14.1. The van der Waals surface area contributed by atoms with E-state index >= 15 is 0 Å². The van der Waals surface area contributed by atoms with E-state index in [4.69, 9.17) is 0 Å². The van der Waals surface area contributed by atoms with E-state index in [0.717, 1.165) is 13.1 Å². The van der Waals surface area contributed by atoms with Crippen LogP contribution >= 0.6 is 0 Å². The minimum atomic E-state index is 0.558. The third-order valence-corrected chi connectivity index (χ3v) is 4.72. The standard InChI is InChI=1S/C17H23N3/c1-11-6-7-15(13(3)12(11)2)16-10-19-20-17(16)14-5-4-8-18-9-14/h6-7,10,14,18H,4-5,8-9H2,1-3H3,(H,19,20). The van der Waals surface area contributed by atoms with Gasteiger partial charge in [-0.3, -0.25) is 5.10 Å². The molecule has 0 aliphatic carbocycles. The van der Waals surface area contributed by atoms with Crippen molar-refractivity contribution >= 4 is 0 Å². The van der Waals surface area contributed by atoms with Crippen molar-refractivity contribution in [3.63, 3.8) is 0 Å². The summed E-state index contributed by atoms with van der Waals surface area (Å²) >= 11 is 0. The first-order chi connectivity index (χ1) is 9.68. The molecular formula is C17H23N3. The summed E-state index contributed by atoms with van der Waals surface area (Å²) in [6, 6.07) is 4.45. The molecule has 1 aromatic carbocycles. The number of rotatable bonds is 2. The second-order valence-electron chi connectivity index (χ2n) is 5.92. The molecular weight excluding hydrogens is 246 g/mol. The topological polar surface area (TPSA) is 40.7 Å². The summed E-state index contributed by atoms with van der Waals surface area (Å²) in [6.45, 7) is 8.79. The molecule has 106 valence electrons. The first-order valence-corrected chi connectivity index (χ1v) is 7.49. The van der Waals surface area contributed by atoms with E-state index in [9.17, 15) is 0 Å². The van der Waals surface area contributed by atoms with Crippen molar-refractivity contribution in [2.24, 2.45) is 0 Å². The number of aromatic amines is 1. The summed E-state index contributed by atoms with van der Waals surface area (Å²) in [5.74, 6) is 0.558. The molecule has 1 saturated heterocycles. The minimum Gasteiger partial charge on any atom is -0.316 e. The van der Waals surface area contributed by atoms with Gasteiger partial charge in [0.1, 0.15) is 0 Å². The number of aryl methyl sites for hydroxylation is 1. The zero-order valence-corrected chi connectivity index (χ0v) is 12.6. The molecule has 1 aliphatic rings. The SMILES string of the molecule is Cc1ccc(-c2cn[nH]c2C2CCCNC2)c(C)c1C. The highest BCUT2D eigenvalue weighted by Crippen LogP contribution is 2.34. The zero-order valence-electron chi connectivity index (χ0n) is 12.6. The van der Waals surface area contributed by atoms with Gasteiger partial charge in [0.2, 0.25) is 0 Å². The average Bonchev–Trinajstić information content (AvgIpc) is 2.95. The molecule has 1 atom stereocenters. The summed E-state index contributed by atoms with van der Waals surface area (Å²) in [7, 11) is 0. The summed E-state index contributed by atoms with van der Waals surface area (Å²) in [5, 5.41) is 11.0. The molecule has 0 bridgehead atoms. The third kappa shape index (κ3) is 2.27. The first kappa shape index (κ1) is 13.4. The van der Waals surface area contributed by atoms with Crippen molar-refractivity contribution in [1.29, 1.82) is 0 Å². The highest BCUT2D eigenvalue weighted by molar-refractivity contribution is 5.71. The van der Waals surface area contributed by atoms with Gasteiger partial charge in [0.05, 0.1) is 6.20 Å². The molecule has 2 heterocycles. The van der Waals surface area contributed by atoms with Crippen LogP contribution in [0.1, 0.15) is 41.1 Å². The van der Waals surface area contributed by atoms with Crippen molar-refractivity contribution in [2.75, 3.05) is 13.1 Å². The Balaban J connectivity index is 2.03. The van der Waals surface area contributed by atoms with Crippen LogP contribution in [0.4, 0.5) is 0 Å². The Bertz CT molecular complexity index is 607. The number of hydrogen-bond acceptors (Lipinski definition) is 2. The Morgan fingerprint density at radius 3 is 2.70 bits per heavy atom. The molecule has 1 aliphatic heterocycles. The highest BCUT2D eigenvalue weighted by atomic mass is 15.1. The van der Waals surface area contributed by atoms with Gasteiger partial charge in [-0.25, -0.2) is 0 Å². The van der Waals surface area contributed by atoms with Crippen LogP contribution < -0.4 is 5.32 Å². The van der Waals surface area contributed by atoms with Crippen molar-refractivity contribution in [3.05, 3.63) is 40.7 Å². The summed E-state index contributed by atoms with van der Waals surface area (Å²) in [6.07, 6.45) is 4.47. The summed E-state index contributed by atoms with van der Waals surface area (Å²) in [5.41, 5.74) is 8.01. The Morgan fingerprint density at radius 1 is 1.10 bits per heavy atom. The third-order valence-electron chi connectivity index (χ3n) is 4.72. The second-order valence-corrected chi connectivity index (χ2v) is 5.92. The number of H-pyrrole nitrogens is 1. The second kappa shape index (κ2) is 5.41. The van der Waals surface area contributed by atoms with Crippen LogP contribution in [-0.2, 0) is 0 Å². The lowest BCUT2D eigenvalue weighted by atomic mass is 9.88. The fourth-order valence-corrected chi connectivity index (χ4v) is 3.17. The number of nitrogens with one attached hydrogen (secondary N) is 2. The molecule has 3 nitrogen and oxygen atoms in total. The van der Waals surface area contributed by atoms with Gasteiger partial charge in [-0.15, -0.1) is 0 Å². The van der Waals surface area contributed by atoms with Crippen LogP contribution in [0, 0.1) is 20.8 Å². The number of piperidine rings is 1. The number of aromatic nitrogens is 2. The summed E-state index contributed by atoms with van der Waals surface area (Å²) in [4.78, 5) is 0. The van der Waals surface area contributed by atoms with Crippen LogP contribution in [0.3, 0.4) is 0 Å². The molecule has 20 heavy (non-hydrogen) atoms. The molecule has 0 saturated carbocycles. The van der Waals surface area contributed by atoms with Crippen LogP contribution in [0.15, 0.2) is 18.3 Å². The number of nitrogens with zero attached hydrogens (tertiary/aromatic N) is 1. The lowest BCUT2D eigenvalue weighted by molar-refractivity contribution is 0.455. The van der Waals surface area contributed by atoms with Crippen LogP contribution in [0.2, 0.25) is 0 Å². The quantitative estimate of drug-likeness (QED) is 0.876. The van der Waals surface area contributed by atoms with E-state index in [1.807, 2.05) is 6.20 Å². The smallest absolute Gasteiger partial charge is 0.0568 e. The van der Waals surface area contributed by atoms with E-state index in [-0.39, 0.29) is 0 Å². The molecule has 0 amide bonds. The molecule has 1 fully saturated rings. The van der Waals surface area contributed by atoms with Crippen molar-refractivity contribution in [2.45, 2.75) is 39.5 Å². The van der Waals surface area contributed by atoms with Crippen molar-refractivity contribution in [1.82, 2.24) is 15.5 Å². The minimum absolute atomic E-state index is 0.558. The Labute approximate surface area is 120 Å². The Kier molecular flexibility index (Phi) is 3.62. The van der Waals surface area contributed by atoms with E-state index in [0.29, 0.717) is 5.92 Å². The van der Waals surface area contributed by atoms with Crippen LogP contribution in [0.5, 0.6) is 0 Å². The van der Waals surface area contributed by atoms with Gasteiger partial charge in [-0.2, -0.15) is 5.10 Å². The van der Waals surface area contributed by atoms with Crippen molar-refractivity contribution < 1.29 is 0 Å². The molecule has 1 aromatic heterocycles. The maximum Gasteiger partial charge on any atom is 0.0568 e. The normalized spacial score (nSPS) is 19.2. The van der Waals surface area contributed by atoms with E-state index in [1.54, 1.807) is 0 Å². The van der Waals surface area contributed by atoms with Gasteiger partial charge in [0.15, 0.2) is 0 Å². The molecule has 2 N–H and O–H groups in total. The average molecular weight is 269 g/mol. The molecule has 0 radical (unpaired) electrons. The molecule has 3 rings (SSSR count). The maximum absolute atomic E-state index is 4.31. The maximum atomic E-state index is 4.31. The molecule has 1 unspecified atom stereocenters. The Hall–Kier alpha value is -1.61. The fraction of sp³-hybridized carbons (Fsp3) is 0.471. The van der Waals surface area contributed by atoms with Crippen LogP contribution in [-0.4, -0.2) is 23.3 Å². The lowest BCUT2D eigenvalue weighted by Gasteiger charge is -2.23. The number of benzene rings is 1. The number of hydrogen-bond donors (Lipinski definition) is 2. The lowest BCUT2D eigenvalue weighted by Crippen LogP contribution is -2.28. The van der Waals surface area contributed by atoms with Gasteiger partial charge in [-0.1, -0.05) is 12.1 Å². The largest absolute Gasteiger partial charge is 0.316 e. The van der Waals surface area contributed by atoms with Gasteiger partial charge < -0.3 is 5.32 Å². The fourth-order valence-electron chi connectivity index (χ4n) is 3.17. The van der Waals surface area contributed by atoms with E-state index in [1.165, 1.54) is 46.4 Å². The molecule has 0 spiro atoms. The van der Waals surface area contributed by atoms with Gasteiger partial charge in [0, 0.05) is 23.7 Å². The highest BCUT2D eigenvalue weighted by Gasteiger charge is 2.21. The van der Waals surface area contributed by atoms with Crippen molar-refractivity contribution in [3.8, 4) is 11.1 Å².